The molecule has 1 N–H and O–H groups in total. The molecule has 0 fully saturated rings. The third kappa shape index (κ3) is 2.58. The van der Waals surface area contributed by atoms with Crippen molar-refractivity contribution in [3.63, 3.8) is 0 Å². The van der Waals surface area contributed by atoms with Crippen LogP contribution in [0.3, 0.4) is 0 Å². The summed E-state index contributed by atoms with van der Waals surface area (Å²) < 4.78 is 0. The molecule has 0 amide bonds. The van der Waals surface area contributed by atoms with E-state index in [0.717, 1.165) is 19.5 Å². The van der Waals surface area contributed by atoms with Crippen LogP contribution in [0.1, 0.15) is 18.9 Å². The van der Waals surface area contributed by atoms with Gasteiger partial charge in [-0.25, -0.2) is 0 Å². The van der Waals surface area contributed by atoms with Crippen molar-refractivity contribution >= 4 is 10.8 Å². The Morgan fingerprint density at radius 1 is 1.19 bits per heavy atom. The van der Waals surface area contributed by atoms with E-state index in [1.165, 1.54) is 22.8 Å². The predicted octanol–water partition coefficient (Wildman–Crippen LogP) is 2.78. The van der Waals surface area contributed by atoms with E-state index in [9.17, 15) is 0 Å². The molecule has 0 saturated heterocycles. The molecule has 2 aromatic rings. The Kier molecular flexibility index (Phi) is 3.89. The second-order valence-electron chi connectivity index (χ2n) is 4.01. The smallest absolute Gasteiger partial charge is 0.0349 e. The first-order valence-electron chi connectivity index (χ1n) is 5.94. The summed E-state index contributed by atoms with van der Waals surface area (Å²) in [5, 5.41) is 5.99. The first-order valence-corrected chi connectivity index (χ1v) is 5.94. The molecule has 0 spiro atoms. The molecule has 0 saturated carbocycles. The molecular formula is C14H18N2. The zero-order chi connectivity index (χ0) is 11.2. The number of nitrogens with zero attached hydrogens (tertiary/aromatic N) is 1. The summed E-state index contributed by atoms with van der Waals surface area (Å²) in [5.74, 6) is 0. The van der Waals surface area contributed by atoms with Gasteiger partial charge in [-0.05, 0) is 42.9 Å². The number of aromatic nitrogens is 1. The fourth-order valence-electron chi connectivity index (χ4n) is 1.92. The molecule has 16 heavy (non-hydrogen) atoms. The number of pyridine rings is 1. The molecule has 2 heteroatoms. The predicted molar refractivity (Wildman–Crippen MR) is 68.6 cm³/mol. The van der Waals surface area contributed by atoms with Crippen LogP contribution in [-0.4, -0.2) is 18.1 Å². The second kappa shape index (κ2) is 5.61. The number of hydrogen-bond donors (Lipinski definition) is 1. The van der Waals surface area contributed by atoms with E-state index in [1.807, 2.05) is 12.4 Å². The van der Waals surface area contributed by atoms with Gasteiger partial charge in [0.1, 0.15) is 0 Å². The summed E-state index contributed by atoms with van der Waals surface area (Å²) in [6.07, 6.45) is 6.08. The largest absolute Gasteiger partial charge is 0.316 e. The first kappa shape index (κ1) is 11.1. The van der Waals surface area contributed by atoms with E-state index in [1.54, 1.807) is 0 Å². The lowest BCUT2D eigenvalue weighted by atomic mass is 10.0. The maximum absolute atomic E-state index is 4.20. The van der Waals surface area contributed by atoms with Crippen LogP contribution in [-0.2, 0) is 6.42 Å². The minimum atomic E-state index is 1.04. The number of hydrogen-bond acceptors (Lipinski definition) is 2. The Labute approximate surface area is 96.7 Å². The molecule has 0 aliphatic carbocycles. The van der Waals surface area contributed by atoms with Gasteiger partial charge < -0.3 is 5.32 Å². The van der Waals surface area contributed by atoms with E-state index in [0.29, 0.717) is 0 Å². The lowest BCUT2D eigenvalue weighted by Crippen LogP contribution is -2.17. The Morgan fingerprint density at radius 3 is 3.00 bits per heavy atom. The Balaban J connectivity index is 2.11. The summed E-state index contributed by atoms with van der Waals surface area (Å²) in [4.78, 5) is 4.20. The topological polar surface area (TPSA) is 24.9 Å². The van der Waals surface area contributed by atoms with Gasteiger partial charge >= 0.3 is 0 Å². The molecule has 1 aromatic heterocycles. The second-order valence-corrected chi connectivity index (χ2v) is 4.01. The highest BCUT2D eigenvalue weighted by molar-refractivity contribution is 5.84. The molecule has 1 aromatic carbocycles. The molecule has 1 heterocycles. The van der Waals surface area contributed by atoms with Crippen molar-refractivity contribution in [1.29, 1.82) is 0 Å². The van der Waals surface area contributed by atoms with Crippen LogP contribution in [0.5, 0.6) is 0 Å². The molecule has 0 atom stereocenters. The molecule has 84 valence electrons. The summed E-state index contributed by atoms with van der Waals surface area (Å²) in [7, 11) is 0. The van der Waals surface area contributed by atoms with Crippen LogP contribution in [0.2, 0.25) is 0 Å². The maximum atomic E-state index is 4.20. The first-order chi connectivity index (χ1) is 7.92. The fraction of sp³-hybridized carbons (Fsp3) is 0.357. The van der Waals surface area contributed by atoms with Gasteiger partial charge in [0, 0.05) is 17.8 Å². The number of nitrogens with one attached hydrogen (secondary N) is 1. The summed E-state index contributed by atoms with van der Waals surface area (Å²) in [6.45, 7) is 4.33. The highest BCUT2D eigenvalue weighted by Gasteiger charge is 1.99. The normalized spacial score (nSPS) is 10.8. The zero-order valence-electron chi connectivity index (χ0n) is 9.74. The Hall–Kier alpha value is -1.41. The van der Waals surface area contributed by atoms with Crippen molar-refractivity contribution in [2.75, 3.05) is 13.1 Å². The summed E-state index contributed by atoms with van der Waals surface area (Å²) >= 11 is 0. The van der Waals surface area contributed by atoms with Crippen molar-refractivity contribution in [2.45, 2.75) is 19.8 Å². The minimum Gasteiger partial charge on any atom is -0.316 e. The van der Waals surface area contributed by atoms with Crippen molar-refractivity contribution in [3.05, 3.63) is 42.2 Å². The van der Waals surface area contributed by atoms with E-state index in [-0.39, 0.29) is 0 Å². The minimum absolute atomic E-state index is 1.04. The lowest BCUT2D eigenvalue weighted by Gasteiger charge is -2.06. The number of rotatable bonds is 5. The maximum Gasteiger partial charge on any atom is 0.0349 e. The molecule has 0 bridgehead atoms. The standard InChI is InChI=1S/C14H18N2/c1-2-8-15-9-6-12-4-3-5-13-7-10-16-11-14(12)13/h3-5,7,10-11,15H,2,6,8-9H2,1H3. The fourth-order valence-corrected chi connectivity index (χ4v) is 1.92. The van der Waals surface area contributed by atoms with Crippen LogP contribution in [0.15, 0.2) is 36.7 Å². The van der Waals surface area contributed by atoms with Crippen LogP contribution < -0.4 is 5.32 Å². The quantitative estimate of drug-likeness (QED) is 0.774. The van der Waals surface area contributed by atoms with Gasteiger partial charge in [-0.15, -0.1) is 0 Å². The summed E-state index contributed by atoms with van der Waals surface area (Å²) in [5.41, 5.74) is 1.38. The van der Waals surface area contributed by atoms with Crippen LogP contribution >= 0.6 is 0 Å². The van der Waals surface area contributed by atoms with Gasteiger partial charge in [0.05, 0.1) is 0 Å². The van der Waals surface area contributed by atoms with Crippen molar-refractivity contribution in [2.24, 2.45) is 0 Å². The average Bonchev–Trinajstić information content (AvgIpc) is 2.35. The van der Waals surface area contributed by atoms with Gasteiger partial charge in [0.15, 0.2) is 0 Å². The van der Waals surface area contributed by atoms with Crippen molar-refractivity contribution in [1.82, 2.24) is 10.3 Å². The molecule has 2 nitrogen and oxygen atoms in total. The van der Waals surface area contributed by atoms with E-state index < -0.39 is 0 Å². The molecular weight excluding hydrogens is 196 g/mol. The highest BCUT2D eigenvalue weighted by atomic mass is 14.8. The molecule has 0 radical (unpaired) electrons. The third-order valence-corrected chi connectivity index (χ3v) is 2.77. The van der Waals surface area contributed by atoms with Crippen molar-refractivity contribution in [3.8, 4) is 0 Å². The van der Waals surface area contributed by atoms with Crippen molar-refractivity contribution < 1.29 is 0 Å². The monoisotopic (exact) mass is 214 g/mol. The van der Waals surface area contributed by atoms with Crippen LogP contribution in [0.4, 0.5) is 0 Å². The molecule has 0 unspecified atom stereocenters. The Bertz CT molecular complexity index is 446. The Morgan fingerprint density at radius 2 is 2.12 bits per heavy atom. The lowest BCUT2D eigenvalue weighted by molar-refractivity contribution is 0.672. The molecule has 0 aliphatic heterocycles. The number of fused-ring (bicyclic) bond motifs is 1. The number of benzene rings is 1. The third-order valence-electron chi connectivity index (χ3n) is 2.77. The van der Waals surface area contributed by atoms with E-state index in [2.05, 4.69) is 41.5 Å². The molecule has 2 rings (SSSR count). The zero-order valence-corrected chi connectivity index (χ0v) is 9.74. The van der Waals surface area contributed by atoms with Crippen LogP contribution in [0, 0.1) is 0 Å². The van der Waals surface area contributed by atoms with E-state index >= 15 is 0 Å². The van der Waals surface area contributed by atoms with E-state index in [4.69, 9.17) is 0 Å². The van der Waals surface area contributed by atoms with Gasteiger partial charge in [0.25, 0.3) is 0 Å². The molecule has 0 aliphatic rings. The van der Waals surface area contributed by atoms with Gasteiger partial charge in [0.2, 0.25) is 0 Å². The summed E-state index contributed by atoms with van der Waals surface area (Å²) in [6, 6.07) is 8.52. The van der Waals surface area contributed by atoms with Gasteiger partial charge in [-0.3, -0.25) is 4.98 Å². The average molecular weight is 214 g/mol. The van der Waals surface area contributed by atoms with Crippen LogP contribution in [0.25, 0.3) is 10.8 Å². The van der Waals surface area contributed by atoms with Gasteiger partial charge in [-0.2, -0.15) is 0 Å². The SMILES string of the molecule is CCCNCCc1cccc2ccncc12. The van der Waals surface area contributed by atoms with Gasteiger partial charge in [-0.1, -0.05) is 25.1 Å². The highest BCUT2D eigenvalue weighted by Crippen LogP contribution is 2.17.